The number of ether oxygens (including phenoxy) is 4. The van der Waals surface area contributed by atoms with Crippen LogP contribution in [0.15, 0.2) is 68.2 Å². The Morgan fingerprint density at radius 2 is 0.789 bits per heavy atom. The molecule has 0 radical (unpaired) electrons. The average Bonchev–Trinajstić information content (AvgIpc) is 4.11. The maximum atomic E-state index is 13.8. The van der Waals surface area contributed by atoms with Crippen molar-refractivity contribution >= 4 is 55.0 Å². The first kappa shape index (κ1) is 57.1. The van der Waals surface area contributed by atoms with Gasteiger partial charge in [0.15, 0.2) is 0 Å². The molecule has 8 rings (SSSR count). The number of nitrogen functional groups attached to an aromatic ring is 4. The van der Waals surface area contributed by atoms with Crippen LogP contribution in [0.3, 0.4) is 0 Å². The SMILES string of the molecule is Nc1ccn([C@H]2C[C@H](OP(=O)(O)OC[C@H]3O[C@@H](n4ccc(N)nc4=O)C[C@@H]3OP(=O)(O)OC[C@H]3O[C@@H](n4ccc(N)nc4=O)C[C@@H]3OP(=O)(O)OC[C@H]3O[C@@H](n4ccc(N)nc4=O)C[C@@H]3O)[C@@H](CO[P+](=O)O)O2)c(=O)n1. The maximum absolute atomic E-state index is 13.8. The van der Waals surface area contributed by atoms with Crippen LogP contribution in [0.5, 0.6) is 0 Å². The molecule has 0 amide bonds. The van der Waals surface area contributed by atoms with E-state index < -0.39 is 167 Å². The van der Waals surface area contributed by atoms with Crippen molar-refractivity contribution in [3.63, 3.8) is 0 Å². The van der Waals surface area contributed by atoms with Crippen molar-refractivity contribution in [3.05, 3.63) is 91.0 Å². The molecule has 4 aliphatic rings. The number of aliphatic hydroxyl groups excluding tert-OH is 1. The van der Waals surface area contributed by atoms with Gasteiger partial charge in [0.25, 0.3) is 0 Å². The maximum Gasteiger partial charge on any atom is 0.694 e. The zero-order valence-corrected chi connectivity index (χ0v) is 42.5. The van der Waals surface area contributed by atoms with Crippen molar-refractivity contribution < 1.29 is 93.6 Å². The van der Waals surface area contributed by atoms with Crippen molar-refractivity contribution in [1.29, 1.82) is 0 Å². The molecule has 36 nitrogen and oxygen atoms in total. The summed E-state index contributed by atoms with van der Waals surface area (Å²) in [5, 5.41) is 10.6. The molecule has 4 aliphatic heterocycles. The Morgan fingerprint density at radius 1 is 0.513 bits per heavy atom. The Balaban J connectivity index is 0.948. The third-order valence-corrected chi connectivity index (χ3v) is 15.2. The Morgan fingerprint density at radius 3 is 1.09 bits per heavy atom. The number of aliphatic hydroxyl groups is 1. The van der Waals surface area contributed by atoms with Gasteiger partial charge in [-0.15, -0.1) is 9.42 Å². The van der Waals surface area contributed by atoms with Crippen LogP contribution in [-0.4, -0.2) is 138 Å². The number of rotatable bonds is 22. The number of phosphoric acid groups is 3. The summed E-state index contributed by atoms with van der Waals surface area (Å²) in [6.45, 7) is -3.41. The minimum Gasteiger partial charge on any atom is -0.390 e. The summed E-state index contributed by atoms with van der Waals surface area (Å²) in [6.07, 6.45) is -13.3. The van der Waals surface area contributed by atoms with E-state index in [9.17, 15) is 62.1 Å². The van der Waals surface area contributed by atoms with Crippen LogP contribution in [0.2, 0.25) is 0 Å². The first-order valence-corrected chi connectivity index (χ1v) is 27.9. The zero-order chi connectivity index (χ0) is 54.9. The lowest BCUT2D eigenvalue weighted by Gasteiger charge is -2.25. The van der Waals surface area contributed by atoms with Gasteiger partial charge >= 0.3 is 54.5 Å². The second-order valence-corrected chi connectivity index (χ2v) is 21.9. The topological polar surface area (TPSA) is 515 Å². The van der Waals surface area contributed by atoms with Gasteiger partial charge < -0.3 is 61.7 Å². The fourth-order valence-corrected chi connectivity index (χ4v) is 11.4. The normalized spacial score (nSPS) is 30.2. The first-order chi connectivity index (χ1) is 35.8. The zero-order valence-electron chi connectivity index (χ0n) is 38.9. The molecule has 4 aromatic rings. The summed E-state index contributed by atoms with van der Waals surface area (Å²) in [4.78, 5) is 107. The van der Waals surface area contributed by atoms with E-state index in [1.54, 1.807) is 0 Å². The Hall–Kier alpha value is -5.13. The highest BCUT2D eigenvalue weighted by atomic mass is 31.2. The highest BCUT2D eigenvalue weighted by Gasteiger charge is 2.49. The van der Waals surface area contributed by atoms with Crippen LogP contribution in [-0.2, 0) is 68.9 Å². The van der Waals surface area contributed by atoms with Crippen LogP contribution in [0.4, 0.5) is 23.3 Å². The van der Waals surface area contributed by atoms with Crippen LogP contribution >= 0.6 is 31.7 Å². The highest BCUT2D eigenvalue weighted by Crippen LogP contribution is 2.53. The average molecular weight is 1160 g/mol. The standard InChI is InChI=1S/C36H48N12O24P4/c37-25-1-5-45(33(50)41-25)29-9-17(49)21(66-29)14-63-74(56,57)71-19-11-31(47-7-3-27(39)43-35(47)52)68-23(19)16-65-76(60,61)72-20-12-32(48-8-4-28(40)44-36(48)53)69-24(20)15-64-75(58,59)70-18-10-30(67-22(18)13-62-73(54)55)46-6-2-26(38)42-34(46)51/h1-8,17-24,29-32,49H,9-16H2,(H11-,37,38,39,40,41,42,43,44,50,51,52,53,54,55,56,57,58,59,60,61)/p+1/t17-,18-,19-,20-,21+,22+,23+,24+,29+,30+,31+,32+/m0/s1. The number of anilines is 4. The Kier molecular flexibility index (Phi) is 17.6. The lowest BCUT2D eigenvalue weighted by molar-refractivity contribution is -0.0635. The molecule has 40 heteroatoms. The number of aromatic nitrogens is 8. The van der Waals surface area contributed by atoms with Crippen molar-refractivity contribution in [2.75, 3.05) is 49.4 Å². The minimum absolute atomic E-state index is 0.0666. The highest BCUT2D eigenvalue weighted by molar-refractivity contribution is 7.48. The minimum atomic E-state index is -5.40. The van der Waals surface area contributed by atoms with Gasteiger partial charge in [-0.25, -0.2) is 32.9 Å². The van der Waals surface area contributed by atoms with Crippen LogP contribution in [0.25, 0.3) is 0 Å². The van der Waals surface area contributed by atoms with Gasteiger partial charge in [0, 0.05) is 55.0 Å². The predicted molar refractivity (Wildman–Crippen MR) is 249 cm³/mol. The quantitative estimate of drug-likeness (QED) is 0.0385. The summed E-state index contributed by atoms with van der Waals surface area (Å²) in [6, 6.07) is 5.04. The fourth-order valence-electron chi connectivity index (χ4n) is 8.26. The third-order valence-electron chi connectivity index (χ3n) is 11.8. The van der Waals surface area contributed by atoms with E-state index >= 15 is 0 Å². The van der Waals surface area contributed by atoms with Gasteiger partial charge in [-0.05, 0) is 24.3 Å². The van der Waals surface area contributed by atoms with Crippen molar-refractivity contribution in [2.45, 2.75) is 99.4 Å². The van der Waals surface area contributed by atoms with Gasteiger partial charge in [-0.2, -0.15) is 19.9 Å². The monoisotopic (exact) mass is 1160 g/mol. The summed E-state index contributed by atoms with van der Waals surface area (Å²) >= 11 is 0. The van der Waals surface area contributed by atoms with E-state index in [4.69, 9.17) is 73.5 Å². The number of hydrogen-bond acceptors (Lipinski definition) is 28. The molecule has 13 N–H and O–H groups in total. The third kappa shape index (κ3) is 14.3. The lowest BCUT2D eigenvalue weighted by Crippen LogP contribution is -2.32. The van der Waals surface area contributed by atoms with E-state index in [2.05, 4.69) is 19.9 Å². The number of hydrogen-bond donors (Lipinski definition) is 9. The predicted octanol–water partition coefficient (Wildman–Crippen LogP) is -1.97. The lowest BCUT2D eigenvalue weighted by atomic mass is 10.2. The summed E-state index contributed by atoms with van der Waals surface area (Å²) in [5.41, 5.74) is 18.8. The first-order valence-electron chi connectivity index (χ1n) is 22.3. The Labute approximate surface area is 425 Å². The second kappa shape index (κ2) is 23.5. The van der Waals surface area contributed by atoms with E-state index in [1.807, 2.05) is 0 Å². The van der Waals surface area contributed by atoms with Gasteiger partial charge in [0.05, 0.1) is 25.9 Å². The summed E-state index contributed by atoms with van der Waals surface area (Å²) < 4.78 is 116. The van der Waals surface area contributed by atoms with Crippen LogP contribution in [0, 0.1) is 0 Å². The molecule has 4 fully saturated rings. The summed E-state index contributed by atoms with van der Waals surface area (Å²) in [5.74, 6) is -0.525. The molecule has 4 aromatic heterocycles. The van der Waals surface area contributed by atoms with Gasteiger partial charge in [-0.3, -0.25) is 45.4 Å². The van der Waals surface area contributed by atoms with Crippen LogP contribution < -0.4 is 45.7 Å². The van der Waals surface area contributed by atoms with Crippen molar-refractivity contribution in [3.8, 4) is 0 Å². The van der Waals surface area contributed by atoms with Crippen LogP contribution in [0.1, 0.15) is 50.6 Å². The largest absolute Gasteiger partial charge is 0.694 e. The smallest absolute Gasteiger partial charge is 0.390 e. The molecule has 0 aliphatic carbocycles. The van der Waals surface area contributed by atoms with E-state index in [-0.39, 0.29) is 36.1 Å². The second-order valence-electron chi connectivity index (χ2n) is 17.0. The van der Waals surface area contributed by atoms with E-state index in [1.165, 1.54) is 49.1 Å². The van der Waals surface area contributed by atoms with Crippen molar-refractivity contribution in [2.24, 2.45) is 0 Å². The molecule has 0 bridgehead atoms. The number of nitrogens with zero attached hydrogens (tertiary/aromatic N) is 8. The summed E-state index contributed by atoms with van der Waals surface area (Å²) in [7, 11) is -19.1. The molecular formula is C36H49N12O24P4+. The molecule has 4 unspecified atom stereocenters. The number of phosphoric ester groups is 3. The molecule has 0 aromatic carbocycles. The molecule has 4 saturated heterocycles. The van der Waals surface area contributed by atoms with Gasteiger partial charge in [-0.1, -0.05) is 0 Å². The molecule has 76 heavy (non-hydrogen) atoms. The Bertz CT molecular complexity index is 3170. The molecule has 0 saturated carbocycles. The number of nitrogens with two attached hydrogens (primary N) is 4. The van der Waals surface area contributed by atoms with E-state index in [0.717, 1.165) is 18.3 Å². The van der Waals surface area contributed by atoms with Crippen molar-refractivity contribution in [1.82, 2.24) is 38.2 Å². The fraction of sp³-hybridized carbons (Fsp3) is 0.556. The van der Waals surface area contributed by atoms with E-state index in [0.29, 0.717) is 0 Å². The molecular weight excluding hydrogens is 1110 g/mol. The van der Waals surface area contributed by atoms with Gasteiger partial charge in [0.1, 0.15) is 97.5 Å². The molecule has 416 valence electrons. The molecule has 8 heterocycles. The molecule has 0 spiro atoms. The van der Waals surface area contributed by atoms with Gasteiger partial charge in [0.2, 0.25) is 0 Å². The molecule has 16 atom stereocenters.